The summed E-state index contributed by atoms with van der Waals surface area (Å²) in [5, 5.41) is 19.8. The summed E-state index contributed by atoms with van der Waals surface area (Å²) >= 11 is 0. The van der Waals surface area contributed by atoms with Crippen LogP contribution in [0.3, 0.4) is 0 Å². The maximum absolute atomic E-state index is 9.94. The molecule has 2 saturated heterocycles. The van der Waals surface area contributed by atoms with Gasteiger partial charge in [-0.1, -0.05) is 81.8 Å². The van der Waals surface area contributed by atoms with Gasteiger partial charge in [-0.3, -0.25) is 9.80 Å². The Morgan fingerprint density at radius 1 is 0.756 bits per heavy atom. The standard InChI is InChI=1S/C22H27NO.C19H27NO/c1-16-21-14-18-8-9-19(24)15-20(18)22(16,2)11-13-23(21)12-10-17-6-4-3-5-7-17;1-13(2)7-9-20-10-8-19(4)14(3)18(20)11-15-5-6-16(21)12-17(15)19/h3-9,15-16,21,24H,10-14H2,1-2H3;5-7,12,14,18,21H,8-11H2,1-4H3/t;14-,18+,19+/m.0/s1. The van der Waals surface area contributed by atoms with E-state index in [4.69, 9.17) is 0 Å². The molecule has 2 heterocycles. The molecule has 2 aliphatic heterocycles. The van der Waals surface area contributed by atoms with Gasteiger partial charge in [0.1, 0.15) is 11.5 Å². The predicted octanol–water partition coefficient (Wildman–Crippen LogP) is 8.04. The lowest BCUT2D eigenvalue weighted by Crippen LogP contribution is -2.58. The van der Waals surface area contributed by atoms with Gasteiger partial charge < -0.3 is 10.2 Å². The predicted molar refractivity (Wildman–Crippen MR) is 186 cm³/mol. The molecule has 3 aromatic rings. The van der Waals surface area contributed by atoms with Crippen molar-refractivity contribution in [1.82, 2.24) is 9.80 Å². The number of hydrogen-bond acceptors (Lipinski definition) is 4. The van der Waals surface area contributed by atoms with Crippen LogP contribution in [0.4, 0.5) is 0 Å². The lowest BCUT2D eigenvalue weighted by molar-refractivity contribution is 0.0322. The molecule has 0 spiro atoms. The van der Waals surface area contributed by atoms with E-state index >= 15 is 0 Å². The number of aromatic hydroxyl groups is 2. The van der Waals surface area contributed by atoms with Crippen molar-refractivity contribution in [2.24, 2.45) is 11.8 Å². The average Bonchev–Trinajstić information content (AvgIpc) is 3.01. The first-order chi connectivity index (χ1) is 21.5. The molecule has 0 amide bonds. The van der Waals surface area contributed by atoms with Crippen LogP contribution in [0.1, 0.15) is 82.2 Å². The van der Waals surface area contributed by atoms with Crippen LogP contribution in [-0.2, 0) is 30.1 Å². The fourth-order valence-electron chi connectivity index (χ4n) is 9.11. The van der Waals surface area contributed by atoms with Crippen LogP contribution < -0.4 is 0 Å². The van der Waals surface area contributed by atoms with Gasteiger partial charge in [-0.05, 0) is 134 Å². The maximum Gasteiger partial charge on any atom is 0.115 e. The third-order valence-electron chi connectivity index (χ3n) is 12.5. The summed E-state index contributed by atoms with van der Waals surface area (Å²) < 4.78 is 0. The van der Waals surface area contributed by atoms with Gasteiger partial charge in [0.05, 0.1) is 0 Å². The number of piperidine rings is 2. The van der Waals surface area contributed by atoms with E-state index in [1.54, 1.807) is 0 Å². The third kappa shape index (κ3) is 6.09. The minimum Gasteiger partial charge on any atom is -0.508 e. The highest BCUT2D eigenvalue weighted by Gasteiger charge is 2.49. The van der Waals surface area contributed by atoms with Crippen LogP contribution >= 0.6 is 0 Å². The number of nitrogens with zero attached hydrogens (tertiary/aromatic N) is 2. The van der Waals surface area contributed by atoms with Gasteiger partial charge in [0.15, 0.2) is 0 Å². The van der Waals surface area contributed by atoms with Crippen LogP contribution in [0.2, 0.25) is 0 Å². The first kappa shape index (κ1) is 31.9. The highest BCUT2D eigenvalue weighted by Crippen LogP contribution is 2.50. The van der Waals surface area contributed by atoms with Crippen molar-refractivity contribution in [3.63, 3.8) is 0 Å². The Morgan fingerprint density at radius 3 is 1.80 bits per heavy atom. The van der Waals surface area contributed by atoms with Gasteiger partial charge >= 0.3 is 0 Å². The van der Waals surface area contributed by atoms with E-state index in [0.717, 1.165) is 45.4 Å². The summed E-state index contributed by atoms with van der Waals surface area (Å²) in [4.78, 5) is 5.35. The quantitative estimate of drug-likeness (QED) is 0.289. The molecule has 0 aromatic heterocycles. The SMILES string of the molecule is CC(C)=CCN1CC[C@@]2(C)c3cc(O)ccc3C[C@@H]1[C@@H]2C.CC1C2Cc3ccc(O)cc3C1(C)CCN2CCc1ccccc1. The average molecular weight is 607 g/mol. The van der Waals surface area contributed by atoms with E-state index in [-0.39, 0.29) is 10.8 Å². The second kappa shape index (κ2) is 12.6. The Morgan fingerprint density at radius 2 is 1.27 bits per heavy atom. The van der Waals surface area contributed by atoms with Crippen molar-refractivity contribution in [2.45, 2.75) is 96.6 Å². The molecule has 4 heteroatoms. The van der Waals surface area contributed by atoms with Crippen LogP contribution in [0.5, 0.6) is 11.5 Å². The fourth-order valence-corrected chi connectivity index (χ4v) is 9.11. The molecular formula is C41H54N2O2. The lowest BCUT2D eigenvalue weighted by Gasteiger charge is -2.54. The summed E-state index contributed by atoms with van der Waals surface area (Å²) in [5.41, 5.74) is 8.86. The van der Waals surface area contributed by atoms with Crippen LogP contribution in [0.15, 0.2) is 78.4 Å². The Hall–Kier alpha value is -3.08. The lowest BCUT2D eigenvalue weighted by atomic mass is 9.59. The van der Waals surface area contributed by atoms with E-state index in [0.29, 0.717) is 35.4 Å². The number of likely N-dealkylation sites (tertiary alicyclic amines) is 2. The number of fused-ring (bicyclic) bond motifs is 8. The monoisotopic (exact) mass is 606 g/mol. The fraction of sp³-hybridized carbons (Fsp3) is 0.512. The molecule has 2 N–H and O–H groups in total. The van der Waals surface area contributed by atoms with Crippen molar-refractivity contribution < 1.29 is 10.2 Å². The molecule has 2 aliphatic carbocycles. The van der Waals surface area contributed by atoms with Crippen LogP contribution in [0.25, 0.3) is 0 Å². The van der Waals surface area contributed by atoms with E-state index in [2.05, 4.69) is 99.9 Å². The topological polar surface area (TPSA) is 46.9 Å². The summed E-state index contributed by atoms with van der Waals surface area (Å²) in [6.07, 6.45) is 8.06. The second-order valence-corrected chi connectivity index (χ2v) is 15.2. The highest BCUT2D eigenvalue weighted by atomic mass is 16.3. The zero-order valence-electron chi connectivity index (χ0n) is 28.4. The van der Waals surface area contributed by atoms with Gasteiger partial charge in [0, 0.05) is 25.2 Å². The smallest absolute Gasteiger partial charge is 0.115 e. The molecule has 0 saturated carbocycles. The van der Waals surface area contributed by atoms with E-state index in [1.807, 2.05) is 24.3 Å². The molecule has 4 bridgehead atoms. The molecule has 240 valence electrons. The van der Waals surface area contributed by atoms with Crippen LogP contribution in [-0.4, -0.2) is 58.3 Å². The van der Waals surface area contributed by atoms with Crippen molar-refractivity contribution in [3.05, 3.63) is 106 Å². The molecule has 45 heavy (non-hydrogen) atoms. The third-order valence-corrected chi connectivity index (χ3v) is 12.5. The summed E-state index contributed by atoms with van der Waals surface area (Å²) in [5.74, 6) is 2.07. The first-order valence-electron chi connectivity index (χ1n) is 17.3. The molecule has 4 aliphatic rings. The molecule has 0 radical (unpaired) electrons. The molecule has 4 nitrogen and oxygen atoms in total. The van der Waals surface area contributed by atoms with Crippen molar-refractivity contribution in [3.8, 4) is 11.5 Å². The van der Waals surface area contributed by atoms with E-state index in [9.17, 15) is 10.2 Å². The number of phenolic OH excluding ortho intramolecular Hbond substituents is 2. The largest absolute Gasteiger partial charge is 0.508 e. The molecule has 7 rings (SSSR count). The Labute approximate surface area is 271 Å². The van der Waals surface area contributed by atoms with E-state index in [1.165, 1.54) is 46.2 Å². The number of allylic oxidation sites excluding steroid dienone is 1. The van der Waals surface area contributed by atoms with Crippen LogP contribution in [0, 0.1) is 11.8 Å². The minimum atomic E-state index is 0.195. The molecular weight excluding hydrogens is 552 g/mol. The molecule has 3 aromatic carbocycles. The number of hydrogen-bond donors (Lipinski definition) is 2. The molecule has 6 atom stereocenters. The summed E-state index contributed by atoms with van der Waals surface area (Å²) in [6.45, 7) is 18.5. The Bertz CT molecular complexity index is 1530. The zero-order valence-corrected chi connectivity index (χ0v) is 28.4. The summed E-state index contributed by atoms with van der Waals surface area (Å²) in [6, 6.07) is 24.0. The highest BCUT2D eigenvalue weighted by molar-refractivity contribution is 5.45. The number of rotatable bonds is 5. The maximum atomic E-state index is 9.94. The van der Waals surface area contributed by atoms with Crippen molar-refractivity contribution in [1.29, 1.82) is 0 Å². The zero-order chi connectivity index (χ0) is 31.9. The first-order valence-corrected chi connectivity index (χ1v) is 17.3. The normalized spacial score (nSPS) is 30.4. The Kier molecular flexibility index (Phi) is 8.93. The number of phenols is 2. The van der Waals surface area contributed by atoms with E-state index < -0.39 is 0 Å². The van der Waals surface area contributed by atoms with Gasteiger partial charge in [-0.25, -0.2) is 0 Å². The Balaban J connectivity index is 0.000000160. The molecule has 2 fully saturated rings. The van der Waals surface area contributed by atoms with Gasteiger partial charge in [-0.15, -0.1) is 0 Å². The van der Waals surface area contributed by atoms with Gasteiger partial charge in [-0.2, -0.15) is 0 Å². The van der Waals surface area contributed by atoms with Gasteiger partial charge in [0.2, 0.25) is 0 Å². The molecule has 3 unspecified atom stereocenters. The van der Waals surface area contributed by atoms with Crippen molar-refractivity contribution >= 4 is 0 Å². The van der Waals surface area contributed by atoms with Crippen molar-refractivity contribution in [2.75, 3.05) is 26.2 Å². The minimum absolute atomic E-state index is 0.195. The second-order valence-electron chi connectivity index (χ2n) is 15.2. The summed E-state index contributed by atoms with van der Waals surface area (Å²) in [7, 11) is 0. The van der Waals surface area contributed by atoms with Gasteiger partial charge in [0.25, 0.3) is 0 Å². The number of benzene rings is 3.